The molecule has 0 amide bonds. The highest BCUT2D eigenvalue weighted by Crippen LogP contribution is 2.41. The summed E-state index contributed by atoms with van der Waals surface area (Å²) in [6.45, 7) is -7.64. The quantitative estimate of drug-likeness (QED) is 0.0915. The molecule has 97 heavy (non-hydrogen) atoms. The molecule has 30 heterocycles. The summed E-state index contributed by atoms with van der Waals surface area (Å²) in [5.74, 6) is -1.58. The first-order valence-corrected chi connectivity index (χ1v) is 31.8. The largest absolute Gasteiger partial charge is 0.478 e. The number of hydrogen-bond donors (Lipinski definition) is 24. The van der Waals surface area contributed by atoms with Crippen LogP contribution < -0.4 is 0 Å². The van der Waals surface area contributed by atoms with E-state index in [0.29, 0.717) is 4.90 Å². The van der Waals surface area contributed by atoms with Crippen molar-refractivity contribution in [2.24, 2.45) is 0 Å². The number of carbonyl (C=O) groups is 1. The zero-order chi connectivity index (χ0) is 70.3. The first-order chi connectivity index (χ1) is 46.2. The lowest BCUT2D eigenvalue weighted by Gasteiger charge is -2.50. The Bertz CT molecular complexity index is 2610. The molecule has 0 aliphatic carbocycles. The van der Waals surface area contributed by atoms with E-state index in [4.69, 9.17) is 75.8 Å². The van der Waals surface area contributed by atoms with Gasteiger partial charge in [-0.25, -0.2) is 4.79 Å². The number of carboxylic acids is 1. The average Bonchev–Trinajstić information content (AvgIpc) is 0.779. The van der Waals surface area contributed by atoms with Gasteiger partial charge in [0.2, 0.25) is 0 Å². The number of aliphatic hydroxyl groups is 23. The molecule has 0 spiro atoms. The molecule has 30 aliphatic heterocycles. The summed E-state index contributed by atoms with van der Waals surface area (Å²) < 4.78 is 92.8. The minimum atomic E-state index is -2.27. The number of aromatic carboxylic acids is 1. The second-order valence-electron chi connectivity index (χ2n) is 24.4. The highest BCUT2D eigenvalue weighted by Gasteiger charge is 2.60. The molecule has 42 heteroatoms. The van der Waals surface area contributed by atoms with Crippen LogP contribution in [-0.2, 0) is 75.8 Å². The fraction of sp³-hybridized carbons (Fsp3) is 0.873. The number of aliphatic hydroxyl groups excluding tert-OH is 23. The van der Waals surface area contributed by atoms with E-state index in [1.807, 2.05) is 0 Å². The van der Waals surface area contributed by atoms with Crippen molar-refractivity contribution in [3.05, 3.63) is 29.8 Å². The summed E-state index contributed by atoms with van der Waals surface area (Å²) in [5, 5.41) is 268. The van der Waals surface area contributed by atoms with E-state index < -0.39 is 298 Å². The van der Waals surface area contributed by atoms with Crippen LogP contribution in [0.5, 0.6) is 0 Å². The Hall–Kier alpha value is -2.52. The van der Waals surface area contributed by atoms with E-state index >= 15 is 0 Å². The number of thioether (sulfide) groups is 1. The van der Waals surface area contributed by atoms with Crippen LogP contribution in [0, 0.1) is 0 Å². The Balaban J connectivity index is 0.931. The zero-order valence-electron chi connectivity index (χ0n) is 50.6. The van der Waals surface area contributed by atoms with E-state index in [1.165, 1.54) is 24.3 Å². The third-order valence-corrected chi connectivity index (χ3v) is 19.3. The van der Waals surface area contributed by atoms with Crippen LogP contribution in [0.25, 0.3) is 0 Å². The molecule has 1 aromatic carbocycles. The fourth-order valence-corrected chi connectivity index (χ4v) is 13.7. The standard InChI is InChI=1S/C55H84O41S/c56-5-15-39-23(63)31(71)48(81-15)90-40-16(6-57)83-50(33(73)25(40)65)92-42-18(8-59)85-52(35(75)27(42)67)94-44-20(10-61)87-54(37(77)29(44)69)96-46-22(12-97-14-3-1-13(2-4-14)47(79)80)88-55(38(78)30(46)70)95-45-21(11-62)86-53(36(76)28(45)68)93-43-19(9-60)84-51(34(74)26(43)66)91-41-17(7-58)82-49(89-39)32(72)24(41)64/h1-4,15-46,48-78H,5-12H2,(H,79,80)/t15-,16-,17-,18-,19-,20-,21-,22-,23-,24-,25-,26-,27-,28-,29-,30-,31-,32-,33-,34-,35-,36-,37-,38-,39-,40-,41-,42-,43-,44-,45-,46-,48-,49-,50-,51-,52-,53-,54-,55-/m1/s1. The third kappa shape index (κ3) is 15.8. The lowest BCUT2D eigenvalue weighted by atomic mass is 9.95. The number of rotatable bonds is 11. The normalized spacial score (nSPS) is 51.2. The van der Waals surface area contributed by atoms with Crippen molar-refractivity contribution in [2.45, 2.75) is 251 Å². The Morgan fingerprint density at radius 3 is 0.588 bits per heavy atom. The van der Waals surface area contributed by atoms with Gasteiger partial charge in [0.05, 0.1) is 57.9 Å². The average molecular weight is 1430 g/mol. The zero-order valence-corrected chi connectivity index (χ0v) is 51.5. The van der Waals surface area contributed by atoms with Crippen LogP contribution in [-0.4, -0.2) is 426 Å². The van der Waals surface area contributed by atoms with Crippen molar-refractivity contribution < 1.29 is 203 Å². The Kier molecular flexibility index (Phi) is 26.3. The van der Waals surface area contributed by atoms with Crippen molar-refractivity contribution in [3.8, 4) is 0 Å². The molecule has 0 radical (unpaired) electrons. The smallest absolute Gasteiger partial charge is 0.335 e. The Morgan fingerprint density at radius 2 is 0.423 bits per heavy atom. The summed E-state index contributed by atoms with van der Waals surface area (Å²) in [7, 11) is 0. The minimum Gasteiger partial charge on any atom is -0.478 e. The highest BCUT2D eigenvalue weighted by molar-refractivity contribution is 7.99. The molecule has 1 aromatic rings. The molecule has 30 fully saturated rings. The van der Waals surface area contributed by atoms with Crippen LogP contribution in [0.3, 0.4) is 0 Å². The molecular weight excluding hydrogens is 1350 g/mol. The molecule has 40 atom stereocenters. The second-order valence-corrected chi connectivity index (χ2v) is 25.5. The van der Waals surface area contributed by atoms with Gasteiger partial charge in [-0.1, -0.05) is 0 Å². The van der Waals surface area contributed by atoms with Gasteiger partial charge < -0.3 is 198 Å². The first-order valence-electron chi connectivity index (χ1n) is 30.8. The molecule has 0 aromatic heterocycles. The highest BCUT2D eigenvalue weighted by atomic mass is 32.2. The predicted molar refractivity (Wildman–Crippen MR) is 298 cm³/mol. The van der Waals surface area contributed by atoms with Gasteiger partial charge in [-0.15, -0.1) is 11.8 Å². The second kappa shape index (κ2) is 33.1. The monoisotopic (exact) mass is 1430 g/mol. The molecule has 30 aliphatic rings. The molecule has 0 saturated carbocycles. The molecule has 556 valence electrons. The molecular formula is C55H84O41S. The van der Waals surface area contributed by atoms with E-state index in [2.05, 4.69) is 0 Å². The maximum Gasteiger partial charge on any atom is 0.335 e. The molecule has 41 nitrogen and oxygen atoms in total. The van der Waals surface area contributed by atoms with Gasteiger partial charge in [0.1, 0.15) is 189 Å². The van der Waals surface area contributed by atoms with Crippen molar-refractivity contribution >= 4 is 17.7 Å². The minimum absolute atomic E-state index is 0.0991. The molecule has 0 unspecified atom stereocenters. The van der Waals surface area contributed by atoms with Gasteiger partial charge in [0.25, 0.3) is 0 Å². The maximum atomic E-state index is 11.9. The first kappa shape index (κ1) is 77.1. The Morgan fingerprint density at radius 1 is 0.258 bits per heavy atom. The number of hydrogen-bond acceptors (Lipinski definition) is 41. The van der Waals surface area contributed by atoms with Crippen LogP contribution in [0.1, 0.15) is 10.4 Å². The molecule has 31 rings (SSSR count). The van der Waals surface area contributed by atoms with Crippen LogP contribution >= 0.6 is 11.8 Å². The SMILES string of the molecule is O=C(O)c1ccc(SC[C@H]2O[C@@H]3O[C@H]4[C@H](O)[C@@H](O)[C@@H](O[C@H]5[C@H](O)[C@@H](O)[C@@H](O[C@H]6[C@H](O)[C@@H](O)[C@@H](O[C@H]7[C@H](O)[C@@H](O)[C@@H](O[C@H]8[C@H](O)[C@@H](O)[C@@H](O[C@H]9[C@H](O)[C@@H](O)[C@@H](O[C@H]%10[C@H](O)[C@@H](O)[C@@H](O[C@H]2[C@H](O)[C@H]3O)O[C@@H]%10CO)O[C@@H]9CO)O[C@@H]8CO)O[C@@H]7CO)O[C@@H]6CO)O[C@@H]5CO)O[C@@H]4CO)cc1. The van der Waals surface area contributed by atoms with Crippen molar-refractivity contribution in [1.82, 2.24) is 0 Å². The van der Waals surface area contributed by atoms with Gasteiger partial charge in [0.15, 0.2) is 50.3 Å². The number of carboxylic acid groups (broad SMARTS) is 1. The fourth-order valence-electron chi connectivity index (χ4n) is 12.8. The molecule has 30 saturated heterocycles. The Labute approximate surface area is 551 Å². The summed E-state index contributed by atoms with van der Waals surface area (Å²) in [6, 6.07) is 5.32. The van der Waals surface area contributed by atoms with E-state index in [0.717, 1.165) is 11.8 Å². The van der Waals surface area contributed by atoms with E-state index in [9.17, 15) is 127 Å². The van der Waals surface area contributed by atoms with Gasteiger partial charge in [-0.2, -0.15) is 0 Å². The van der Waals surface area contributed by atoms with Gasteiger partial charge in [-0.3, -0.25) is 0 Å². The van der Waals surface area contributed by atoms with Gasteiger partial charge in [0, 0.05) is 10.6 Å². The number of benzene rings is 1. The summed E-state index contributed by atoms with van der Waals surface area (Å²) in [6.07, 6.45) is -82.2. The summed E-state index contributed by atoms with van der Waals surface area (Å²) in [5.41, 5.74) is -0.0991. The van der Waals surface area contributed by atoms with E-state index in [-0.39, 0.29) is 11.3 Å². The van der Waals surface area contributed by atoms with Crippen molar-refractivity contribution in [3.63, 3.8) is 0 Å². The van der Waals surface area contributed by atoms with Gasteiger partial charge in [-0.05, 0) is 24.3 Å². The lowest BCUT2D eigenvalue weighted by Crippen LogP contribution is -2.69. The molecule has 24 N–H and O–H groups in total. The summed E-state index contributed by atoms with van der Waals surface area (Å²) in [4.78, 5) is 12.0. The third-order valence-electron chi connectivity index (χ3n) is 18.2. The van der Waals surface area contributed by atoms with Crippen LogP contribution in [0.4, 0.5) is 0 Å². The number of ether oxygens (including phenoxy) is 16. The van der Waals surface area contributed by atoms with Gasteiger partial charge >= 0.3 is 5.97 Å². The molecule has 16 bridgehead atoms. The predicted octanol–water partition coefficient (Wildman–Crippen LogP) is -14.9. The topological polar surface area (TPSA) is 650 Å². The maximum absolute atomic E-state index is 11.9. The lowest BCUT2D eigenvalue weighted by molar-refractivity contribution is -0.403. The van der Waals surface area contributed by atoms with Crippen LogP contribution in [0.15, 0.2) is 29.2 Å². The van der Waals surface area contributed by atoms with Crippen LogP contribution in [0.2, 0.25) is 0 Å². The van der Waals surface area contributed by atoms with Crippen molar-refractivity contribution in [2.75, 3.05) is 52.0 Å². The summed E-state index contributed by atoms with van der Waals surface area (Å²) >= 11 is 0.946. The van der Waals surface area contributed by atoms with E-state index in [1.54, 1.807) is 0 Å². The van der Waals surface area contributed by atoms with Crippen molar-refractivity contribution in [1.29, 1.82) is 0 Å².